The maximum atomic E-state index is 13.1. The van der Waals surface area contributed by atoms with E-state index in [9.17, 15) is 4.79 Å². The Morgan fingerprint density at radius 1 is 1.09 bits per heavy atom. The van der Waals surface area contributed by atoms with Crippen molar-refractivity contribution in [2.45, 2.75) is 25.2 Å². The van der Waals surface area contributed by atoms with Gasteiger partial charge in [-0.05, 0) is 42.7 Å². The van der Waals surface area contributed by atoms with Crippen LogP contribution in [-0.2, 0) is 6.42 Å². The van der Waals surface area contributed by atoms with E-state index in [1.807, 2.05) is 48.5 Å². The fraction of sp³-hybridized carbons (Fsp3) is 0.296. The molecular formula is C27H27N3O5. The van der Waals surface area contributed by atoms with Gasteiger partial charge in [0, 0.05) is 31.1 Å². The molecule has 180 valence electrons. The number of hydrogen-bond donors (Lipinski definition) is 0. The number of nitrogens with zero attached hydrogens (tertiary/aromatic N) is 3. The van der Waals surface area contributed by atoms with Crippen LogP contribution in [0.4, 0.5) is 0 Å². The number of amides is 1. The maximum Gasteiger partial charge on any atom is 0.292 e. The number of oxazole rings is 1. The molecule has 2 aromatic carbocycles. The lowest BCUT2D eigenvalue weighted by Gasteiger charge is -2.30. The summed E-state index contributed by atoms with van der Waals surface area (Å²) in [5, 5.41) is 4.09. The Morgan fingerprint density at radius 3 is 2.71 bits per heavy atom. The van der Waals surface area contributed by atoms with Crippen LogP contribution in [0.1, 0.15) is 46.5 Å². The van der Waals surface area contributed by atoms with Gasteiger partial charge in [-0.2, -0.15) is 0 Å². The zero-order valence-electron chi connectivity index (χ0n) is 19.8. The van der Waals surface area contributed by atoms with Gasteiger partial charge >= 0.3 is 0 Å². The second kappa shape index (κ2) is 10.0. The largest absolute Gasteiger partial charge is 0.497 e. The number of aromatic nitrogens is 2. The molecule has 4 aromatic rings. The Balaban J connectivity index is 1.24. The Hall–Kier alpha value is -4.07. The lowest BCUT2D eigenvalue weighted by atomic mass is 9.97. The molecule has 1 saturated heterocycles. The molecule has 8 nitrogen and oxygen atoms in total. The van der Waals surface area contributed by atoms with Gasteiger partial charge in [-0.15, -0.1) is 0 Å². The van der Waals surface area contributed by atoms with Gasteiger partial charge in [0.2, 0.25) is 5.76 Å². The number of rotatable bonds is 7. The van der Waals surface area contributed by atoms with Crippen molar-refractivity contribution >= 4 is 5.91 Å². The first-order valence-corrected chi connectivity index (χ1v) is 11.6. The van der Waals surface area contributed by atoms with Gasteiger partial charge in [-0.1, -0.05) is 29.4 Å². The first-order chi connectivity index (χ1) is 17.1. The number of methoxy groups -OCH3 is 2. The molecule has 8 heteroatoms. The van der Waals surface area contributed by atoms with E-state index in [0.29, 0.717) is 31.1 Å². The van der Waals surface area contributed by atoms with E-state index in [1.54, 1.807) is 31.4 Å². The second-order valence-electron chi connectivity index (χ2n) is 8.59. The minimum absolute atomic E-state index is 0.0399. The summed E-state index contributed by atoms with van der Waals surface area (Å²) in [5.41, 5.74) is 2.54. The van der Waals surface area contributed by atoms with Gasteiger partial charge in [-0.3, -0.25) is 4.79 Å². The van der Waals surface area contributed by atoms with E-state index in [4.69, 9.17) is 18.4 Å². The monoisotopic (exact) mass is 473 g/mol. The third kappa shape index (κ3) is 5.06. The number of carbonyl (C=O) groups is 1. The number of likely N-dealkylation sites (tertiary alicyclic amines) is 1. The van der Waals surface area contributed by atoms with Crippen LogP contribution >= 0.6 is 0 Å². The van der Waals surface area contributed by atoms with Crippen molar-refractivity contribution in [3.05, 3.63) is 83.8 Å². The summed E-state index contributed by atoms with van der Waals surface area (Å²) >= 11 is 0. The molecule has 1 amide bonds. The number of hydrogen-bond acceptors (Lipinski definition) is 7. The van der Waals surface area contributed by atoms with Gasteiger partial charge < -0.3 is 23.3 Å². The predicted molar refractivity (Wildman–Crippen MR) is 129 cm³/mol. The third-order valence-corrected chi connectivity index (χ3v) is 6.25. The number of piperidine rings is 1. The van der Waals surface area contributed by atoms with Crippen LogP contribution in [0.5, 0.6) is 11.5 Å². The Bertz CT molecular complexity index is 1290. The molecule has 1 aliphatic heterocycles. The Morgan fingerprint density at radius 2 is 1.91 bits per heavy atom. The van der Waals surface area contributed by atoms with Gasteiger partial charge in [0.05, 0.1) is 26.3 Å². The predicted octanol–water partition coefficient (Wildman–Crippen LogP) is 4.96. The zero-order valence-corrected chi connectivity index (χ0v) is 19.8. The van der Waals surface area contributed by atoms with E-state index in [0.717, 1.165) is 41.2 Å². The van der Waals surface area contributed by atoms with E-state index in [2.05, 4.69) is 10.1 Å². The summed E-state index contributed by atoms with van der Waals surface area (Å²) in [6.07, 6.45) is 4.20. The number of benzene rings is 2. The van der Waals surface area contributed by atoms with E-state index in [-0.39, 0.29) is 17.6 Å². The van der Waals surface area contributed by atoms with Crippen molar-refractivity contribution in [2.24, 2.45) is 0 Å². The normalized spacial score (nSPS) is 15.7. The molecule has 1 atom stereocenters. The molecule has 1 fully saturated rings. The third-order valence-electron chi connectivity index (χ3n) is 6.25. The first-order valence-electron chi connectivity index (χ1n) is 11.6. The second-order valence-corrected chi connectivity index (χ2v) is 8.59. The van der Waals surface area contributed by atoms with Crippen molar-refractivity contribution in [3.8, 4) is 22.8 Å². The van der Waals surface area contributed by atoms with Gasteiger partial charge in [0.1, 0.15) is 23.0 Å². The highest BCUT2D eigenvalue weighted by Crippen LogP contribution is 2.29. The van der Waals surface area contributed by atoms with Crippen LogP contribution in [-0.4, -0.2) is 48.3 Å². The molecule has 3 heterocycles. The average molecular weight is 474 g/mol. The Labute approximate surface area is 203 Å². The van der Waals surface area contributed by atoms with Crippen LogP contribution in [0, 0.1) is 0 Å². The molecule has 1 aliphatic rings. The van der Waals surface area contributed by atoms with E-state index >= 15 is 0 Å². The summed E-state index contributed by atoms with van der Waals surface area (Å²) in [6, 6.07) is 17.1. The van der Waals surface area contributed by atoms with Crippen molar-refractivity contribution in [2.75, 3.05) is 27.3 Å². The van der Waals surface area contributed by atoms with E-state index < -0.39 is 0 Å². The maximum absolute atomic E-state index is 13.1. The molecule has 0 radical (unpaired) electrons. The molecular weight excluding hydrogens is 446 g/mol. The van der Waals surface area contributed by atoms with Crippen LogP contribution in [0.3, 0.4) is 0 Å². The van der Waals surface area contributed by atoms with Crippen molar-refractivity contribution in [1.29, 1.82) is 0 Å². The summed E-state index contributed by atoms with van der Waals surface area (Å²) in [7, 11) is 3.26. The van der Waals surface area contributed by atoms with Crippen LogP contribution in [0.25, 0.3) is 11.3 Å². The summed E-state index contributed by atoms with van der Waals surface area (Å²) in [5.74, 6) is 3.08. The molecule has 2 aromatic heterocycles. The summed E-state index contributed by atoms with van der Waals surface area (Å²) in [6.45, 7) is 1.18. The van der Waals surface area contributed by atoms with Crippen LogP contribution in [0.2, 0.25) is 0 Å². The molecule has 0 unspecified atom stereocenters. The highest BCUT2D eigenvalue weighted by Gasteiger charge is 2.30. The lowest BCUT2D eigenvalue weighted by molar-refractivity contribution is 0.0656. The van der Waals surface area contributed by atoms with E-state index in [1.165, 1.54) is 0 Å². The Kier molecular flexibility index (Phi) is 6.52. The molecule has 0 spiro atoms. The molecule has 0 aliphatic carbocycles. The fourth-order valence-electron chi connectivity index (χ4n) is 4.35. The average Bonchev–Trinajstić information content (AvgIpc) is 3.59. The van der Waals surface area contributed by atoms with Crippen molar-refractivity contribution < 1.29 is 23.2 Å². The van der Waals surface area contributed by atoms with Gasteiger partial charge in [-0.25, -0.2) is 4.98 Å². The standard InChI is InChI=1S/C27H27N3O5/c1-32-21-10-8-18(9-11-21)13-23-16-28-26(34-23)20-6-4-12-30(17-20)27(31)25-15-24(29-35-25)19-5-3-7-22(14-19)33-2/h3,5,7-11,14-16,20H,4,6,12-13,17H2,1-2H3/t20-/m1/s1. The molecule has 0 saturated carbocycles. The SMILES string of the molecule is COc1ccc(Cc2cnc([C@@H]3CCCN(C(=O)c4cc(-c5cccc(OC)c5)no4)C3)o2)cc1. The number of ether oxygens (including phenoxy) is 2. The van der Waals surface area contributed by atoms with Gasteiger partial charge in [0.25, 0.3) is 5.91 Å². The van der Waals surface area contributed by atoms with Crippen molar-refractivity contribution in [1.82, 2.24) is 15.0 Å². The number of carbonyl (C=O) groups excluding carboxylic acids is 1. The van der Waals surface area contributed by atoms with Gasteiger partial charge in [0.15, 0.2) is 5.89 Å². The minimum atomic E-state index is -0.179. The van der Waals surface area contributed by atoms with Crippen LogP contribution < -0.4 is 9.47 Å². The molecule has 0 bridgehead atoms. The summed E-state index contributed by atoms with van der Waals surface area (Å²) in [4.78, 5) is 19.5. The lowest BCUT2D eigenvalue weighted by Crippen LogP contribution is -2.39. The topological polar surface area (TPSA) is 90.8 Å². The quantitative estimate of drug-likeness (QED) is 0.375. The molecule has 5 rings (SSSR count). The first kappa shape index (κ1) is 22.7. The highest BCUT2D eigenvalue weighted by molar-refractivity contribution is 5.92. The fourth-order valence-corrected chi connectivity index (χ4v) is 4.35. The minimum Gasteiger partial charge on any atom is -0.497 e. The molecule has 35 heavy (non-hydrogen) atoms. The molecule has 0 N–H and O–H groups in total. The summed E-state index contributed by atoms with van der Waals surface area (Å²) < 4.78 is 22.0. The van der Waals surface area contributed by atoms with Crippen molar-refractivity contribution in [3.63, 3.8) is 0 Å². The van der Waals surface area contributed by atoms with Crippen LogP contribution in [0.15, 0.2) is 69.7 Å². The zero-order chi connectivity index (χ0) is 24.2. The smallest absolute Gasteiger partial charge is 0.292 e. The highest BCUT2D eigenvalue weighted by atomic mass is 16.5.